The Kier molecular flexibility index (Phi) is 9.21. The summed E-state index contributed by atoms with van der Waals surface area (Å²) >= 11 is 0. The highest BCUT2D eigenvalue weighted by Crippen LogP contribution is 2.23. The Morgan fingerprint density at radius 1 is 1.03 bits per heavy atom. The third-order valence-electron chi connectivity index (χ3n) is 6.03. The van der Waals surface area contributed by atoms with Crippen molar-refractivity contribution in [2.75, 3.05) is 26.2 Å². The molecule has 2 fully saturated rings. The summed E-state index contributed by atoms with van der Waals surface area (Å²) in [5.74, 6) is 0.697. The van der Waals surface area contributed by atoms with Gasteiger partial charge in [0, 0.05) is 25.7 Å². The summed E-state index contributed by atoms with van der Waals surface area (Å²) in [7, 11) is 0. The van der Waals surface area contributed by atoms with E-state index in [0.717, 1.165) is 19.4 Å². The van der Waals surface area contributed by atoms with Gasteiger partial charge in [-0.25, -0.2) is 4.79 Å². The third kappa shape index (κ3) is 8.51. The lowest BCUT2D eigenvalue weighted by molar-refractivity contribution is -0.130. The molecule has 1 saturated heterocycles. The molecule has 1 aliphatic heterocycles. The second-order valence-corrected chi connectivity index (χ2v) is 9.80. The van der Waals surface area contributed by atoms with E-state index in [0.29, 0.717) is 31.5 Å². The van der Waals surface area contributed by atoms with Gasteiger partial charge in [-0.3, -0.25) is 4.79 Å². The predicted octanol–water partition coefficient (Wildman–Crippen LogP) is 2.67. The van der Waals surface area contributed by atoms with Crippen molar-refractivity contribution in [3.63, 3.8) is 0 Å². The molecular formula is C22H41N3O4. The predicted molar refractivity (Wildman–Crippen MR) is 114 cm³/mol. The summed E-state index contributed by atoms with van der Waals surface area (Å²) in [6, 6.07) is -0.301. The minimum atomic E-state index is -1.04. The highest BCUT2D eigenvalue weighted by Gasteiger charge is 2.28. The van der Waals surface area contributed by atoms with Crippen LogP contribution in [0.4, 0.5) is 4.79 Å². The fourth-order valence-corrected chi connectivity index (χ4v) is 4.08. The summed E-state index contributed by atoms with van der Waals surface area (Å²) in [6.45, 7) is 10.2. The highest BCUT2D eigenvalue weighted by molar-refractivity contribution is 5.81. The molecule has 3 N–H and O–H groups in total. The molecule has 2 unspecified atom stereocenters. The number of aliphatic hydroxyl groups is 1. The van der Waals surface area contributed by atoms with Crippen LogP contribution in [0.25, 0.3) is 0 Å². The van der Waals surface area contributed by atoms with Gasteiger partial charge < -0.3 is 25.4 Å². The van der Waals surface area contributed by atoms with Crippen LogP contribution < -0.4 is 10.6 Å². The molecule has 2 amide bonds. The Bertz CT molecular complexity index is 521. The minimum absolute atomic E-state index is 0.248. The molecule has 7 heteroatoms. The topological polar surface area (TPSA) is 90.9 Å². The first-order chi connectivity index (χ1) is 13.7. The highest BCUT2D eigenvalue weighted by atomic mass is 16.6. The smallest absolute Gasteiger partial charge is 0.410 e. The lowest BCUT2D eigenvalue weighted by Gasteiger charge is -2.34. The zero-order valence-corrected chi connectivity index (χ0v) is 18.7. The minimum Gasteiger partial charge on any atom is -0.444 e. The van der Waals surface area contributed by atoms with Crippen LogP contribution in [0.3, 0.4) is 0 Å². The molecule has 0 bridgehead atoms. The molecule has 2 rings (SSSR count). The molecule has 0 aromatic rings. The van der Waals surface area contributed by atoms with Crippen molar-refractivity contribution in [1.82, 2.24) is 15.5 Å². The quantitative estimate of drug-likeness (QED) is 0.599. The molecule has 1 saturated carbocycles. The maximum absolute atomic E-state index is 12.3. The summed E-state index contributed by atoms with van der Waals surface area (Å²) in [6.07, 6.45) is 6.62. The lowest BCUT2D eigenvalue weighted by atomic mass is 9.89. The van der Waals surface area contributed by atoms with Crippen LogP contribution in [-0.4, -0.2) is 65.9 Å². The number of nitrogens with one attached hydrogen (secondary N) is 2. The van der Waals surface area contributed by atoms with E-state index in [2.05, 4.69) is 10.6 Å². The normalized spacial score (nSPS) is 21.5. The molecule has 0 aromatic heterocycles. The van der Waals surface area contributed by atoms with E-state index in [9.17, 15) is 14.7 Å². The fraction of sp³-hybridized carbons (Fsp3) is 0.909. The van der Waals surface area contributed by atoms with Gasteiger partial charge in [0.15, 0.2) is 0 Å². The molecule has 7 nitrogen and oxygen atoms in total. The van der Waals surface area contributed by atoms with Crippen molar-refractivity contribution in [3.05, 3.63) is 0 Å². The standard InChI is InChI=1S/C22H41N3O4/c1-16(19(26)20(27)24-15-17-8-6-5-7-9-17)23-14-18-10-12-25(13-11-18)21(28)29-22(2,3)4/h16-19,23,26H,5-15H2,1-4H3,(H,24,27). The molecule has 2 aliphatic rings. The largest absolute Gasteiger partial charge is 0.444 e. The monoisotopic (exact) mass is 411 g/mol. The fourth-order valence-electron chi connectivity index (χ4n) is 4.08. The molecule has 2 atom stereocenters. The molecule has 29 heavy (non-hydrogen) atoms. The average Bonchev–Trinajstić information content (AvgIpc) is 2.69. The second kappa shape index (κ2) is 11.2. The van der Waals surface area contributed by atoms with Crippen molar-refractivity contribution < 1.29 is 19.4 Å². The maximum Gasteiger partial charge on any atom is 0.410 e. The van der Waals surface area contributed by atoms with Crippen molar-refractivity contribution in [1.29, 1.82) is 0 Å². The van der Waals surface area contributed by atoms with Crippen LogP contribution >= 0.6 is 0 Å². The zero-order valence-electron chi connectivity index (χ0n) is 18.7. The molecular weight excluding hydrogens is 370 g/mol. The molecule has 1 aliphatic carbocycles. The van der Waals surface area contributed by atoms with Crippen LogP contribution in [0.1, 0.15) is 72.6 Å². The van der Waals surface area contributed by atoms with Gasteiger partial charge in [0.25, 0.3) is 0 Å². The first-order valence-corrected chi connectivity index (χ1v) is 11.3. The molecule has 1 heterocycles. The van der Waals surface area contributed by atoms with Gasteiger partial charge in [-0.05, 0) is 71.8 Å². The number of carbonyl (C=O) groups is 2. The second-order valence-electron chi connectivity index (χ2n) is 9.80. The first kappa shape index (κ1) is 23.9. The average molecular weight is 412 g/mol. The van der Waals surface area contributed by atoms with E-state index in [1.807, 2.05) is 27.7 Å². The van der Waals surface area contributed by atoms with E-state index in [1.165, 1.54) is 32.1 Å². The van der Waals surface area contributed by atoms with Gasteiger partial charge in [0.1, 0.15) is 11.7 Å². The van der Waals surface area contributed by atoms with Crippen molar-refractivity contribution in [2.24, 2.45) is 11.8 Å². The molecule has 0 spiro atoms. The maximum atomic E-state index is 12.3. The number of nitrogens with zero attached hydrogens (tertiary/aromatic N) is 1. The van der Waals surface area contributed by atoms with Gasteiger partial charge in [-0.15, -0.1) is 0 Å². The van der Waals surface area contributed by atoms with Crippen LogP contribution in [-0.2, 0) is 9.53 Å². The van der Waals surface area contributed by atoms with E-state index in [-0.39, 0.29) is 18.0 Å². The van der Waals surface area contributed by atoms with Crippen LogP contribution in [0.5, 0.6) is 0 Å². The number of rotatable bonds is 7. The summed E-state index contributed by atoms with van der Waals surface area (Å²) in [5, 5.41) is 16.6. The van der Waals surface area contributed by atoms with Crippen LogP contribution in [0, 0.1) is 11.8 Å². The van der Waals surface area contributed by atoms with Gasteiger partial charge >= 0.3 is 6.09 Å². The SMILES string of the molecule is CC(NCC1CCN(C(=O)OC(C)(C)C)CC1)C(O)C(=O)NCC1CCCCC1. The van der Waals surface area contributed by atoms with Gasteiger partial charge in [0.05, 0.1) is 0 Å². The number of likely N-dealkylation sites (tertiary alicyclic amines) is 1. The summed E-state index contributed by atoms with van der Waals surface area (Å²) in [4.78, 5) is 26.2. The van der Waals surface area contributed by atoms with Crippen molar-refractivity contribution in [3.8, 4) is 0 Å². The van der Waals surface area contributed by atoms with E-state index in [4.69, 9.17) is 4.74 Å². The number of aliphatic hydroxyl groups excluding tert-OH is 1. The Morgan fingerprint density at radius 2 is 1.62 bits per heavy atom. The Labute approximate surface area is 175 Å². The zero-order chi connectivity index (χ0) is 21.4. The third-order valence-corrected chi connectivity index (χ3v) is 6.03. The number of ether oxygens (including phenoxy) is 1. The Hall–Kier alpha value is -1.34. The van der Waals surface area contributed by atoms with Gasteiger partial charge in [-0.1, -0.05) is 19.3 Å². The van der Waals surface area contributed by atoms with Gasteiger partial charge in [0.2, 0.25) is 5.91 Å². The van der Waals surface area contributed by atoms with E-state index < -0.39 is 11.7 Å². The van der Waals surface area contributed by atoms with E-state index >= 15 is 0 Å². The number of hydrogen-bond acceptors (Lipinski definition) is 5. The van der Waals surface area contributed by atoms with E-state index in [1.54, 1.807) is 4.90 Å². The van der Waals surface area contributed by atoms with Crippen LogP contribution in [0.15, 0.2) is 0 Å². The first-order valence-electron chi connectivity index (χ1n) is 11.3. The summed E-state index contributed by atoms with van der Waals surface area (Å²) in [5.41, 5.74) is -0.474. The summed E-state index contributed by atoms with van der Waals surface area (Å²) < 4.78 is 5.43. The molecule has 168 valence electrons. The Morgan fingerprint density at radius 3 is 2.21 bits per heavy atom. The lowest BCUT2D eigenvalue weighted by Crippen LogP contribution is -2.50. The number of piperidine rings is 1. The number of hydrogen-bond donors (Lipinski definition) is 3. The Balaban J connectivity index is 1.63. The molecule has 0 radical (unpaired) electrons. The van der Waals surface area contributed by atoms with Crippen molar-refractivity contribution in [2.45, 2.75) is 90.4 Å². The molecule has 0 aromatic carbocycles. The number of carbonyl (C=O) groups excluding carboxylic acids is 2. The van der Waals surface area contributed by atoms with Crippen LogP contribution in [0.2, 0.25) is 0 Å². The van der Waals surface area contributed by atoms with Gasteiger partial charge in [-0.2, -0.15) is 0 Å². The van der Waals surface area contributed by atoms with Crippen molar-refractivity contribution >= 4 is 12.0 Å². The number of amides is 2.